The van der Waals surface area contributed by atoms with Crippen LogP contribution in [0.4, 0.5) is 0 Å². The standard InChI is InChI=1S/C17H15NO3/c19-17(20)8-4-7-13-9-16-15(18-11-21-16)10-14(13)12-5-2-1-3-6-12/h1-3,5-6,9-11H,4,7-8H2,(H,19,20). The molecule has 1 aromatic heterocycles. The fourth-order valence-corrected chi connectivity index (χ4v) is 2.47. The van der Waals surface area contributed by atoms with E-state index in [1.54, 1.807) is 0 Å². The van der Waals surface area contributed by atoms with Gasteiger partial charge in [-0.2, -0.15) is 0 Å². The Bertz CT molecular complexity index is 762. The lowest BCUT2D eigenvalue weighted by molar-refractivity contribution is -0.137. The van der Waals surface area contributed by atoms with Crippen molar-refractivity contribution in [2.45, 2.75) is 19.3 Å². The van der Waals surface area contributed by atoms with Crippen LogP contribution >= 0.6 is 0 Å². The molecule has 0 amide bonds. The number of fused-ring (bicyclic) bond motifs is 1. The lowest BCUT2D eigenvalue weighted by atomic mass is 9.95. The molecule has 0 spiro atoms. The van der Waals surface area contributed by atoms with Crippen LogP contribution in [0, 0.1) is 0 Å². The molecule has 0 aliphatic heterocycles. The maximum absolute atomic E-state index is 10.7. The fraction of sp³-hybridized carbons (Fsp3) is 0.176. The van der Waals surface area contributed by atoms with Crippen LogP contribution in [-0.2, 0) is 11.2 Å². The number of oxazole rings is 1. The van der Waals surface area contributed by atoms with Crippen molar-refractivity contribution in [2.75, 3.05) is 0 Å². The van der Waals surface area contributed by atoms with Crippen LogP contribution in [0.3, 0.4) is 0 Å². The third kappa shape index (κ3) is 2.94. The van der Waals surface area contributed by atoms with Crippen LogP contribution in [0.25, 0.3) is 22.2 Å². The number of hydrogen-bond donors (Lipinski definition) is 1. The van der Waals surface area contributed by atoms with Crippen molar-refractivity contribution in [1.29, 1.82) is 0 Å². The molecule has 0 saturated heterocycles. The molecule has 4 heteroatoms. The van der Waals surface area contributed by atoms with E-state index in [0.717, 1.165) is 27.8 Å². The monoisotopic (exact) mass is 281 g/mol. The zero-order valence-corrected chi connectivity index (χ0v) is 11.5. The van der Waals surface area contributed by atoms with E-state index >= 15 is 0 Å². The smallest absolute Gasteiger partial charge is 0.303 e. The SMILES string of the molecule is O=C(O)CCCc1cc2ocnc2cc1-c1ccccc1. The number of rotatable bonds is 5. The molecule has 0 aliphatic carbocycles. The van der Waals surface area contributed by atoms with E-state index in [-0.39, 0.29) is 6.42 Å². The lowest BCUT2D eigenvalue weighted by Gasteiger charge is -2.09. The first-order valence-corrected chi connectivity index (χ1v) is 6.87. The first-order chi connectivity index (χ1) is 10.2. The Morgan fingerprint density at radius 2 is 2.00 bits per heavy atom. The van der Waals surface area contributed by atoms with Crippen LogP contribution in [0.5, 0.6) is 0 Å². The van der Waals surface area contributed by atoms with Gasteiger partial charge in [0.15, 0.2) is 12.0 Å². The Morgan fingerprint density at radius 3 is 2.76 bits per heavy atom. The summed E-state index contributed by atoms with van der Waals surface area (Å²) in [6.45, 7) is 0. The summed E-state index contributed by atoms with van der Waals surface area (Å²) in [5, 5.41) is 8.79. The predicted molar refractivity (Wildman–Crippen MR) is 80.0 cm³/mol. The Balaban J connectivity index is 2.00. The van der Waals surface area contributed by atoms with E-state index in [9.17, 15) is 4.79 Å². The maximum atomic E-state index is 10.7. The molecule has 0 radical (unpaired) electrons. The van der Waals surface area contributed by atoms with Gasteiger partial charge in [0.2, 0.25) is 0 Å². The molecule has 3 rings (SSSR count). The largest absolute Gasteiger partial charge is 0.481 e. The minimum Gasteiger partial charge on any atom is -0.481 e. The number of carbonyl (C=O) groups is 1. The van der Waals surface area contributed by atoms with Crippen LogP contribution in [0.15, 0.2) is 53.3 Å². The second-order valence-corrected chi connectivity index (χ2v) is 4.94. The maximum Gasteiger partial charge on any atom is 0.303 e. The first-order valence-electron chi connectivity index (χ1n) is 6.87. The van der Waals surface area contributed by atoms with Crippen molar-refractivity contribution in [3.8, 4) is 11.1 Å². The van der Waals surface area contributed by atoms with Gasteiger partial charge in [0, 0.05) is 6.42 Å². The molecule has 106 valence electrons. The molecule has 0 unspecified atom stereocenters. The highest BCUT2D eigenvalue weighted by Gasteiger charge is 2.10. The summed E-state index contributed by atoms with van der Waals surface area (Å²) in [6, 6.07) is 14.0. The summed E-state index contributed by atoms with van der Waals surface area (Å²) in [5.74, 6) is -0.767. The summed E-state index contributed by atoms with van der Waals surface area (Å²) in [7, 11) is 0. The van der Waals surface area contributed by atoms with Crippen molar-refractivity contribution in [3.05, 3.63) is 54.4 Å². The van der Waals surface area contributed by atoms with Gasteiger partial charge in [0.1, 0.15) is 5.52 Å². The zero-order chi connectivity index (χ0) is 14.7. The van der Waals surface area contributed by atoms with Crippen molar-refractivity contribution >= 4 is 17.1 Å². The molecule has 2 aromatic carbocycles. The Hall–Kier alpha value is -2.62. The van der Waals surface area contributed by atoms with Gasteiger partial charge in [0.25, 0.3) is 0 Å². The lowest BCUT2D eigenvalue weighted by Crippen LogP contribution is -1.97. The highest BCUT2D eigenvalue weighted by atomic mass is 16.4. The van der Waals surface area contributed by atoms with Gasteiger partial charge in [-0.25, -0.2) is 4.98 Å². The molecule has 0 bridgehead atoms. The van der Waals surface area contributed by atoms with Crippen molar-refractivity contribution in [2.24, 2.45) is 0 Å². The van der Waals surface area contributed by atoms with E-state index in [0.29, 0.717) is 12.8 Å². The van der Waals surface area contributed by atoms with Gasteiger partial charge in [-0.1, -0.05) is 30.3 Å². The number of aliphatic carboxylic acids is 1. The molecule has 21 heavy (non-hydrogen) atoms. The minimum absolute atomic E-state index is 0.169. The van der Waals surface area contributed by atoms with E-state index in [1.807, 2.05) is 42.5 Å². The van der Waals surface area contributed by atoms with Crippen molar-refractivity contribution < 1.29 is 14.3 Å². The van der Waals surface area contributed by atoms with E-state index in [1.165, 1.54) is 6.39 Å². The van der Waals surface area contributed by atoms with Crippen LogP contribution in [0.2, 0.25) is 0 Å². The average molecular weight is 281 g/mol. The van der Waals surface area contributed by atoms with Crippen LogP contribution in [-0.4, -0.2) is 16.1 Å². The normalized spacial score (nSPS) is 10.9. The van der Waals surface area contributed by atoms with E-state index in [4.69, 9.17) is 9.52 Å². The second kappa shape index (κ2) is 5.79. The average Bonchev–Trinajstić information content (AvgIpc) is 2.94. The molecule has 0 saturated carbocycles. The molecule has 1 heterocycles. The van der Waals surface area contributed by atoms with Gasteiger partial charge in [-0.3, -0.25) is 4.79 Å². The van der Waals surface area contributed by atoms with Gasteiger partial charge in [-0.15, -0.1) is 0 Å². The summed E-state index contributed by atoms with van der Waals surface area (Å²) in [6.07, 6.45) is 2.91. The topological polar surface area (TPSA) is 63.3 Å². The quantitative estimate of drug-likeness (QED) is 0.770. The third-order valence-electron chi connectivity index (χ3n) is 3.48. The number of nitrogens with zero attached hydrogens (tertiary/aromatic N) is 1. The number of benzene rings is 2. The number of carboxylic acids is 1. The highest BCUT2D eigenvalue weighted by Crippen LogP contribution is 2.29. The Kier molecular flexibility index (Phi) is 3.69. The molecule has 3 aromatic rings. The molecule has 0 fully saturated rings. The van der Waals surface area contributed by atoms with Crippen LogP contribution < -0.4 is 0 Å². The second-order valence-electron chi connectivity index (χ2n) is 4.94. The molecular weight excluding hydrogens is 266 g/mol. The van der Waals surface area contributed by atoms with E-state index in [2.05, 4.69) is 4.98 Å². The molecule has 1 N–H and O–H groups in total. The molecule has 0 aliphatic rings. The van der Waals surface area contributed by atoms with Gasteiger partial charge < -0.3 is 9.52 Å². The molecule has 0 atom stereocenters. The van der Waals surface area contributed by atoms with E-state index < -0.39 is 5.97 Å². The third-order valence-corrected chi connectivity index (χ3v) is 3.48. The fourth-order valence-electron chi connectivity index (χ4n) is 2.47. The number of aromatic nitrogens is 1. The van der Waals surface area contributed by atoms with Crippen LogP contribution in [0.1, 0.15) is 18.4 Å². The summed E-state index contributed by atoms with van der Waals surface area (Å²) in [5.41, 5.74) is 4.83. The van der Waals surface area contributed by atoms with Gasteiger partial charge in [-0.05, 0) is 41.7 Å². The minimum atomic E-state index is -0.767. The predicted octanol–water partition coefficient (Wildman–Crippen LogP) is 3.90. The zero-order valence-electron chi connectivity index (χ0n) is 11.5. The number of aryl methyl sites for hydroxylation is 1. The molecular formula is C17H15NO3. The molecule has 4 nitrogen and oxygen atoms in total. The number of carboxylic acid groups (broad SMARTS) is 1. The Morgan fingerprint density at radius 1 is 1.19 bits per heavy atom. The summed E-state index contributed by atoms with van der Waals surface area (Å²) >= 11 is 0. The summed E-state index contributed by atoms with van der Waals surface area (Å²) < 4.78 is 5.35. The van der Waals surface area contributed by atoms with Crippen molar-refractivity contribution in [3.63, 3.8) is 0 Å². The van der Waals surface area contributed by atoms with Gasteiger partial charge >= 0.3 is 5.97 Å². The Labute approximate surface area is 122 Å². The number of hydrogen-bond acceptors (Lipinski definition) is 3. The first kappa shape index (κ1) is 13.4. The summed E-state index contributed by atoms with van der Waals surface area (Å²) in [4.78, 5) is 14.9. The highest BCUT2D eigenvalue weighted by molar-refractivity contribution is 5.82. The van der Waals surface area contributed by atoms with Gasteiger partial charge in [0.05, 0.1) is 0 Å². The van der Waals surface area contributed by atoms with Crippen molar-refractivity contribution in [1.82, 2.24) is 4.98 Å².